The van der Waals surface area contributed by atoms with Crippen LogP contribution in [0.3, 0.4) is 0 Å². The molecule has 2 aliphatic rings. The Kier molecular flexibility index (Phi) is 4.51. The zero-order valence-corrected chi connectivity index (χ0v) is 12.5. The van der Waals surface area contributed by atoms with Crippen molar-refractivity contribution >= 4 is 28.4 Å². The highest BCUT2D eigenvalue weighted by Crippen LogP contribution is 2.36. The number of methoxy groups -OCH3 is 1. The van der Waals surface area contributed by atoms with Crippen molar-refractivity contribution in [2.45, 2.75) is 44.2 Å². The van der Waals surface area contributed by atoms with Crippen LogP contribution in [0, 0.1) is 0 Å². The Hall–Kier alpha value is 0.0800. The van der Waals surface area contributed by atoms with Crippen LogP contribution >= 0.6 is 24.0 Å². The van der Waals surface area contributed by atoms with E-state index in [4.69, 9.17) is 35.9 Å². The molecule has 0 aromatic heterocycles. The number of fused-ring (bicyclic) bond motifs is 1. The molecule has 4 atom stereocenters. The summed E-state index contributed by atoms with van der Waals surface area (Å²) in [5.74, 6) is -0.635. The molecule has 0 aromatic carbocycles. The monoisotopic (exact) mass is 294 g/mol. The Balaban J connectivity index is 2.12. The number of thioether (sulfide) groups is 1. The van der Waals surface area contributed by atoms with E-state index in [1.165, 1.54) is 11.8 Å². The molecule has 0 N–H and O–H groups in total. The van der Waals surface area contributed by atoms with Gasteiger partial charge in [0.25, 0.3) is 0 Å². The van der Waals surface area contributed by atoms with E-state index in [-0.39, 0.29) is 12.2 Å². The number of thiocarbonyl (C=S) groups is 1. The van der Waals surface area contributed by atoms with Crippen molar-refractivity contribution in [1.82, 2.24) is 0 Å². The van der Waals surface area contributed by atoms with Gasteiger partial charge in [0.05, 0.1) is 6.61 Å². The van der Waals surface area contributed by atoms with Crippen LogP contribution < -0.4 is 0 Å². The second-order valence-corrected chi connectivity index (χ2v) is 6.02. The molecule has 0 radical (unpaired) electrons. The summed E-state index contributed by atoms with van der Waals surface area (Å²) in [5, 5.41) is 0. The van der Waals surface area contributed by atoms with Gasteiger partial charge in [-0.3, -0.25) is 0 Å². The Morgan fingerprint density at radius 1 is 1.39 bits per heavy atom. The van der Waals surface area contributed by atoms with Gasteiger partial charge < -0.3 is 23.7 Å². The lowest BCUT2D eigenvalue weighted by Gasteiger charge is -2.36. The minimum absolute atomic E-state index is 0.152. The topological polar surface area (TPSA) is 46.2 Å². The molecule has 0 amide bonds. The predicted molar refractivity (Wildman–Crippen MR) is 71.6 cm³/mol. The highest BCUT2D eigenvalue weighted by Gasteiger charge is 2.52. The molecular formula is C11H18O5S2. The molecule has 2 rings (SSSR count). The van der Waals surface area contributed by atoms with E-state index in [0.29, 0.717) is 11.0 Å². The highest BCUT2D eigenvalue weighted by atomic mass is 32.2. The van der Waals surface area contributed by atoms with Gasteiger partial charge in [0.15, 0.2) is 18.2 Å². The molecule has 0 spiro atoms. The van der Waals surface area contributed by atoms with Crippen LogP contribution in [0.1, 0.15) is 13.8 Å². The zero-order chi connectivity index (χ0) is 13.3. The third kappa shape index (κ3) is 2.97. The number of ether oxygens (including phenoxy) is 5. The summed E-state index contributed by atoms with van der Waals surface area (Å²) < 4.78 is 28.6. The maximum Gasteiger partial charge on any atom is 0.220 e. The van der Waals surface area contributed by atoms with Gasteiger partial charge in [0.2, 0.25) is 4.38 Å². The molecule has 104 valence electrons. The second kappa shape index (κ2) is 5.60. The van der Waals surface area contributed by atoms with Gasteiger partial charge in [0, 0.05) is 7.11 Å². The summed E-state index contributed by atoms with van der Waals surface area (Å²) in [4.78, 5) is 0. The molecule has 0 aromatic rings. The van der Waals surface area contributed by atoms with Crippen molar-refractivity contribution in [2.75, 3.05) is 20.0 Å². The molecule has 2 aliphatic heterocycles. The van der Waals surface area contributed by atoms with E-state index in [0.717, 1.165) is 0 Å². The third-order valence-corrected chi connectivity index (χ3v) is 3.90. The Morgan fingerprint density at radius 3 is 2.72 bits per heavy atom. The van der Waals surface area contributed by atoms with E-state index in [9.17, 15) is 0 Å². The molecule has 0 aliphatic carbocycles. The fourth-order valence-corrected chi connectivity index (χ4v) is 2.51. The van der Waals surface area contributed by atoms with Crippen molar-refractivity contribution < 1.29 is 23.7 Å². The van der Waals surface area contributed by atoms with Gasteiger partial charge in [-0.15, -0.1) is 0 Å². The van der Waals surface area contributed by atoms with Gasteiger partial charge in [0.1, 0.15) is 12.2 Å². The van der Waals surface area contributed by atoms with Crippen LogP contribution in [0.15, 0.2) is 0 Å². The van der Waals surface area contributed by atoms with Crippen LogP contribution in [0.2, 0.25) is 0 Å². The maximum atomic E-state index is 5.87. The summed E-state index contributed by atoms with van der Waals surface area (Å²) in [6, 6.07) is 0. The van der Waals surface area contributed by atoms with Crippen molar-refractivity contribution in [3.05, 3.63) is 0 Å². The van der Waals surface area contributed by atoms with Crippen molar-refractivity contribution in [2.24, 2.45) is 0 Å². The molecule has 0 saturated carbocycles. The summed E-state index contributed by atoms with van der Waals surface area (Å²) in [7, 11) is 1.57. The Morgan fingerprint density at radius 2 is 2.11 bits per heavy atom. The lowest BCUT2D eigenvalue weighted by molar-refractivity contribution is -0.236. The molecule has 18 heavy (non-hydrogen) atoms. The quantitative estimate of drug-likeness (QED) is 0.716. The van der Waals surface area contributed by atoms with Crippen molar-refractivity contribution in [3.63, 3.8) is 0 Å². The summed E-state index contributed by atoms with van der Waals surface area (Å²) in [5.41, 5.74) is 0. The van der Waals surface area contributed by atoms with Gasteiger partial charge in [-0.05, 0) is 32.3 Å². The van der Waals surface area contributed by atoms with E-state index < -0.39 is 18.2 Å². The standard InChI is InChI=1S/C11H18O5S2/c1-11(2)15-6-5-13-9(12-3)8(7(6)16-11)14-10(17)18-4/h6-9H,5H2,1-4H3/t6-,7-,8+,9-/m0/s1. The third-order valence-electron chi connectivity index (χ3n) is 2.87. The summed E-state index contributed by atoms with van der Waals surface area (Å²) in [6.07, 6.45) is 0.579. The van der Waals surface area contributed by atoms with Gasteiger partial charge in [-0.1, -0.05) is 11.8 Å². The van der Waals surface area contributed by atoms with E-state index in [1.54, 1.807) is 7.11 Å². The van der Waals surface area contributed by atoms with Crippen LogP contribution in [-0.4, -0.2) is 54.7 Å². The fourth-order valence-electron chi connectivity index (χ4n) is 2.19. The van der Waals surface area contributed by atoms with Gasteiger partial charge in [-0.25, -0.2) is 0 Å². The molecular weight excluding hydrogens is 276 g/mol. The van der Waals surface area contributed by atoms with Crippen molar-refractivity contribution in [3.8, 4) is 0 Å². The summed E-state index contributed by atoms with van der Waals surface area (Å²) >= 11 is 6.45. The van der Waals surface area contributed by atoms with Gasteiger partial charge >= 0.3 is 0 Å². The Bertz CT molecular complexity index is 323. The first-order valence-electron chi connectivity index (χ1n) is 5.71. The lowest BCUT2D eigenvalue weighted by atomic mass is 10.1. The van der Waals surface area contributed by atoms with Crippen LogP contribution in [0.25, 0.3) is 0 Å². The number of hydrogen-bond donors (Lipinski definition) is 0. The van der Waals surface area contributed by atoms with E-state index in [1.807, 2.05) is 20.1 Å². The van der Waals surface area contributed by atoms with E-state index >= 15 is 0 Å². The minimum atomic E-state index is -0.635. The molecule has 2 heterocycles. The number of rotatable bonds is 2. The van der Waals surface area contributed by atoms with Crippen molar-refractivity contribution in [1.29, 1.82) is 0 Å². The van der Waals surface area contributed by atoms with Crippen LogP contribution in [-0.2, 0) is 23.7 Å². The molecule has 2 saturated heterocycles. The summed E-state index contributed by atoms with van der Waals surface area (Å²) in [6.45, 7) is 4.17. The Labute approximate surface area is 116 Å². The average molecular weight is 294 g/mol. The second-order valence-electron chi connectivity index (χ2n) is 4.61. The van der Waals surface area contributed by atoms with Crippen LogP contribution in [0.4, 0.5) is 0 Å². The molecule has 5 nitrogen and oxygen atoms in total. The average Bonchev–Trinajstić information content (AvgIpc) is 2.64. The largest absolute Gasteiger partial charge is 0.467 e. The van der Waals surface area contributed by atoms with Gasteiger partial charge in [-0.2, -0.15) is 0 Å². The molecule has 0 unspecified atom stereocenters. The molecule has 0 bridgehead atoms. The molecule has 2 fully saturated rings. The normalized spacial score (nSPS) is 38.2. The lowest BCUT2D eigenvalue weighted by Crippen LogP contribution is -2.53. The first-order valence-corrected chi connectivity index (χ1v) is 7.35. The SMILES string of the molecule is CO[C@H]1OC[C@@H]2OC(C)(C)O[C@@H]2[C@H]1OC(=S)SC. The zero-order valence-electron chi connectivity index (χ0n) is 10.9. The predicted octanol–water partition coefficient (Wildman–Crippen LogP) is 1.54. The fraction of sp³-hybridized carbons (Fsp3) is 0.909. The highest BCUT2D eigenvalue weighted by molar-refractivity contribution is 8.22. The van der Waals surface area contributed by atoms with E-state index in [2.05, 4.69) is 0 Å². The number of hydrogen-bond acceptors (Lipinski definition) is 7. The first kappa shape index (κ1) is 14.5. The first-order chi connectivity index (χ1) is 8.46. The smallest absolute Gasteiger partial charge is 0.220 e. The minimum Gasteiger partial charge on any atom is -0.467 e. The van der Waals surface area contributed by atoms with Crippen LogP contribution in [0.5, 0.6) is 0 Å². The maximum absolute atomic E-state index is 5.87. The molecule has 7 heteroatoms.